The normalized spacial score (nSPS) is 19.3. The predicted molar refractivity (Wildman–Crippen MR) is 79.1 cm³/mol. The van der Waals surface area contributed by atoms with Gasteiger partial charge in [0.2, 0.25) is 0 Å². The van der Waals surface area contributed by atoms with Crippen LogP contribution in [0.2, 0.25) is 0 Å². The second kappa shape index (κ2) is 7.06. The molecule has 112 valence electrons. The molecule has 0 aliphatic carbocycles. The first-order valence-corrected chi connectivity index (χ1v) is 7.87. The third kappa shape index (κ3) is 4.47. The molecule has 1 aromatic heterocycles. The smallest absolute Gasteiger partial charge is 0.314 e. The molecular formula is C14H22N2O3S. The highest BCUT2D eigenvalue weighted by atomic mass is 32.1. The minimum atomic E-state index is -0.825. The Kier molecular flexibility index (Phi) is 5.39. The van der Waals surface area contributed by atoms with Crippen LogP contribution >= 0.6 is 11.3 Å². The summed E-state index contributed by atoms with van der Waals surface area (Å²) in [5.74, 6) is 0.290. The van der Waals surface area contributed by atoms with E-state index in [0.29, 0.717) is 32.6 Å². The van der Waals surface area contributed by atoms with E-state index in [9.17, 15) is 9.90 Å². The summed E-state index contributed by atoms with van der Waals surface area (Å²) in [7, 11) is 0. The number of thiophene rings is 1. The van der Waals surface area contributed by atoms with E-state index in [1.54, 1.807) is 11.3 Å². The van der Waals surface area contributed by atoms with E-state index in [1.807, 2.05) is 5.38 Å². The summed E-state index contributed by atoms with van der Waals surface area (Å²) in [5.41, 5.74) is 0.410. The van der Waals surface area contributed by atoms with Crippen molar-refractivity contribution in [3.05, 3.63) is 22.4 Å². The molecule has 2 rings (SSSR count). The van der Waals surface area contributed by atoms with Crippen molar-refractivity contribution in [2.45, 2.75) is 31.3 Å². The molecule has 2 amide bonds. The van der Waals surface area contributed by atoms with Crippen LogP contribution in [0.15, 0.2) is 16.8 Å². The Labute approximate surface area is 123 Å². The van der Waals surface area contributed by atoms with Gasteiger partial charge in [-0.05, 0) is 28.3 Å². The van der Waals surface area contributed by atoms with E-state index in [4.69, 9.17) is 4.74 Å². The molecule has 0 spiro atoms. The first-order chi connectivity index (χ1) is 9.59. The number of nitrogens with one attached hydrogen (secondary N) is 2. The molecule has 5 nitrogen and oxygen atoms in total. The zero-order chi connectivity index (χ0) is 14.4. The number of carbonyl (C=O) groups excluding carboxylic acids is 1. The van der Waals surface area contributed by atoms with Crippen LogP contribution in [0, 0.1) is 0 Å². The molecule has 20 heavy (non-hydrogen) atoms. The van der Waals surface area contributed by atoms with Gasteiger partial charge in [-0.1, -0.05) is 6.92 Å². The first kappa shape index (κ1) is 15.3. The van der Waals surface area contributed by atoms with Crippen LogP contribution in [0.3, 0.4) is 0 Å². The Morgan fingerprint density at radius 2 is 2.25 bits per heavy atom. The van der Waals surface area contributed by atoms with Crippen LogP contribution in [-0.2, 0) is 4.74 Å². The van der Waals surface area contributed by atoms with E-state index in [1.165, 1.54) is 5.56 Å². The summed E-state index contributed by atoms with van der Waals surface area (Å²) in [6, 6.07) is 1.84. The lowest BCUT2D eigenvalue weighted by Gasteiger charge is -2.32. The number of hydrogen-bond acceptors (Lipinski definition) is 4. The van der Waals surface area contributed by atoms with E-state index < -0.39 is 5.60 Å². The third-order valence-electron chi connectivity index (χ3n) is 3.68. The highest BCUT2D eigenvalue weighted by Gasteiger charge is 2.30. The van der Waals surface area contributed by atoms with Crippen LogP contribution in [0.5, 0.6) is 0 Å². The number of carbonyl (C=O) groups is 1. The molecule has 1 aliphatic rings. The highest BCUT2D eigenvalue weighted by molar-refractivity contribution is 7.07. The summed E-state index contributed by atoms with van der Waals surface area (Å²) in [6.45, 7) is 4.04. The molecule has 0 saturated carbocycles. The Morgan fingerprint density at radius 3 is 2.90 bits per heavy atom. The van der Waals surface area contributed by atoms with Crippen LogP contribution < -0.4 is 10.6 Å². The van der Waals surface area contributed by atoms with Gasteiger partial charge < -0.3 is 20.5 Å². The lowest BCUT2D eigenvalue weighted by Crippen LogP contribution is -2.49. The number of amides is 2. The van der Waals surface area contributed by atoms with Crippen molar-refractivity contribution in [1.29, 1.82) is 0 Å². The van der Waals surface area contributed by atoms with Crippen molar-refractivity contribution in [2.75, 3.05) is 26.3 Å². The average Bonchev–Trinajstić information content (AvgIpc) is 2.98. The van der Waals surface area contributed by atoms with Crippen molar-refractivity contribution in [3.63, 3.8) is 0 Å². The minimum absolute atomic E-state index is 0.230. The van der Waals surface area contributed by atoms with Gasteiger partial charge in [-0.25, -0.2) is 4.79 Å². The molecule has 0 bridgehead atoms. The fourth-order valence-corrected chi connectivity index (χ4v) is 2.94. The fourth-order valence-electron chi connectivity index (χ4n) is 2.15. The standard InChI is InChI=1S/C14H22N2O3S/c1-11(12-2-7-20-9-12)8-15-13(17)16-10-14(18)3-5-19-6-4-14/h2,7,9,11,18H,3-6,8,10H2,1H3,(H2,15,16,17). The first-order valence-electron chi connectivity index (χ1n) is 6.93. The maximum Gasteiger partial charge on any atom is 0.314 e. The molecule has 3 N–H and O–H groups in total. The van der Waals surface area contributed by atoms with Crippen molar-refractivity contribution >= 4 is 17.4 Å². The van der Waals surface area contributed by atoms with Gasteiger partial charge in [0.1, 0.15) is 0 Å². The monoisotopic (exact) mass is 298 g/mol. The maximum absolute atomic E-state index is 11.7. The summed E-state index contributed by atoms with van der Waals surface area (Å²) >= 11 is 1.66. The van der Waals surface area contributed by atoms with Gasteiger partial charge >= 0.3 is 6.03 Å². The number of rotatable bonds is 5. The van der Waals surface area contributed by atoms with Crippen LogP contribution in [0.25, 0.3) is 0 Å². The second-order valence-electron chi connectivity index (χ2n) is 5.36. The second-order valence-corrected chi connectivity index (χ2v) is 6.14. The average molecular weight is 298 g/mol. The zero-order valence-corrected chi connectivity index (χ0v) is 12.5. The summed E-state index contributed by atoms with van der Waals surface area (Å²) in [4.78, 5) is 11.7. The van der Waals surface area contributed by atoms with Gasteiger partial charge in [-0.15, -0.1) is 0 Å². The number of ether oxygens (including phenoxy) is 1. The molecule has 1 unspecified atom stereocenters. The molecule has 0 aromatic carbocycles. The van der Waals surface area contributed by atoms with Gasteiger partial charge in [0.25, 0.3) is 0 Å². The van der Waals surface area contributed by atoms with Gasteiger partial charge in [-0.2, -0.15) is 11.3 Å². The lowest BCUT2D eigenvalue weighted by atomic mass is 9.94. The van der Waals surface area contributed by atoms with E-state index >= 15 is 0 Å². The minimum Gasteiger partial charge on any atom is -0.388 e. The van der Waals surface area contributed by atoms with Gasteiger partial charge in [0.15, 0.2) is 0 Å². The molecule has 2 heterocycles. The highest BCUT2D eigenvalue weighted by Crippen LogP contribution is 2.19. The Balaban J connectivity index is 1.67. The topological polar surface area (TPSA) is 70.6 Å². The molecule has 0 radical (unpaired) electrons. The van der Waals surface area contributed by atoms with Gasteiger partial charge in [-0.3, -0.25) is 0 Å². The number of hydrogen-bond donors (Lipinski definition) is 3. The molecule has 1 atom stereocenters. The van der Waals surface area contributed by atoms with Crippen molar-refractivity contribution < 1.29 is 14.6 Å². The molecule has 1 aliphatic heterocycles. The van der Waals surface area contributed by atoms with Gasteiger partial charge in [0, 0.05) is 39.1 Å². The maximum atomic E-state index is 11.7. The van der Waals surface area contributed by atoms with Crippen molar-refractivity contribution in [1.82, 2.24) is 10.6 Å². The molecule has 1 aromatic rings. The largest absolute Gasteiger partial charge is 0.388 e. The van der Waals surface area contributed by atoms with E-state index in [-0.39, 0.29) is 18.5 Å². The van der Waals surface area contributed by atoms with Crippen LogP contribution in [0.1, 0.15) is 31.2 Å². The zero-order valence-electron chi connectivity index (χ0n) is 11.7. The fraction of sp³-hybridized carbons (Fsp3) is 0.643. The van der Waals surface area contributed by atoms with Crippen molar-refractivity contribution in [3.8, 4) is 0 Å². The third-order valence-corrected chi connectivity index (χ3v) is 4.38. The summed E-state index contributed by atoms with van der Waals surface area (Å²) < 4.78 is 5.20. The Morgan fingerprint density at radius 1 is 1.50 bits per heavy atom. The lowest BCUT2D eigenvalue weighted by molar-refractivity contribution is -0.0600. The summed E-state index contributed by atoms with van der Waals surface area (Å²) in [6.07, 6.45) is 1.14. The Hall–Kier alpha value is -1.11. The summed E-state index contributed by atoms with van der Waals surface area (Å²) in [5, 5.41) is 19.9. The van der Waals surface area contributed by atoms with Gasteiger partial charge in [0.05, 0.1) is 5.60 Å². The van der Waals surface area contributed by atoms with Crippen LogP contribution in [-0.4, -0.2) is 43.0 Å². The van der Waals surface area contributed by atoms with E-state index in [2.05, 4.69) is 29.0 Å². The Bertz CT molecular complexity index is 416. The quantitative estimate of drug-likeness (QED) is 0.775. The van der Waals surface area contributed by atoms with Crippen molar-refractivity contribution in [2.24, 2.45) is 0 Å². The van der Waals surface area contributed by atoms with E-state index in [0.717, 1.165) is 0 Å². The molecular weight excluding hydrogens is 276 g/mol. The molecule has 1 saturated heterocycles. The predicted octanol–water partition coefficient (Wildman–Crippen LogP) is 1.69. The number of urea groups is 1. The molecule has 1 fully saturated rings. The molecule has 6 heteroatoms. The SMILES string of the molecule is CC(CNC(=O)NCC1(O)CCOCC1)c1ccsc1. The number of aliphatic hydroxyl groups is 1. The van der Waals surface area contributed by atoms with Crippen LogP contribution in [0.4, 0.5) is 4.79 Å².